The first-order valence-corrected chi connectivity index (χ1v) is 5.31. The molecular weight excluding hydrogens is 208 g/mol. The van der Waals surface area contributed by atoms with Crippen molar-refractivity contribution >= 4 is 11.8 Å². The molecule has 0 amide bonds. The Balaban J connectivity index is 2.72. The third kappa shape index (κ3) is 2.70. The molecule has 2 unspecified atom stereocenters. The maximum atomic E-state index is 11.6. The number of carbonyl (C=O) groups excluding carboxylic acids is 2. The lowest BCUT2D eigenvalue weighted by Gasteiger charge is -2.38. The van der Waals surface area contributed by atoms with Gasteiger partial charge in [-0.25, -0.2) is 4.79 Å². The fourth-order valence-corrected chi connectivity index (χ4v) is 1.66. The molecule has 0 radical (unpaired) electrons. The molecule has 0 bridgehead atoms. The van der Waals surface area contributed by atoms with Crippen molar-refractivity contribution in [1.82, 2.24) is 0 Å². The van der Waals surface area contributed by atoms with Crippen molar-refractivity contribution in [3.8, 4) is 0 Å². The molecule has 0 aromatic carbocycles. The molecule has 0 spiro atoms. The Hall–Kier alpha value is -1.16. The van der Waals surface area contributed by atoms with Gasteiger partial charge in [-0.1, -0.05) is 6.58 Å². The van der Waals surface area contributed by atoms with E-state index < -0.39 is 17.2 Å². The van der Waals surface area contributed by atoms with Crippen LogP contribution >= 0.6 is 0 Å². The van der Waals surface area contributed by atoms with Crippen LogP contribution in [0, 0.1) is 0 Å². The van der Waals surface area contributed by atoms with Gasteiger partial charge in [0.25, 0.3) is 0 Å². The van der Waals surface area contributed by atoms with E-state index in [1.807, 2.05) is 0 Å². The van der Waals surface area contributed by atoms with Crippen LogP contribution in [0.2, 0.25) is 0 Å². The van der Waals surface area contributed by atoms with Crippen LogP contribution in [0.5, 0.6) is 0 Å². The summed E-state index contributed by atoms with van der Waals surface area (Å²) in [7, 11) is 0. The average molecular weight is 226 g/mol. The van der Waals surface area contributed by atoms with Crippen molar-refractivity contribution in [3.05, 3.63) is 12.2 Å². The van der Waals surface area contributed by atoms with Crippen LogP contribution in [-0.4, -0.2) is 28.1 Å². The van der Waals surface area contributed by atoms with E-state index in [1.54, 1.807) is 13.8 Å². The minimum atomic E-state index is -1.28. The lowest BCUT2D eigenvalue weighted by molar-refractivity contribution is -0.167. The van der Waals surface area contributed by atoms with E-state index in [2.05, 4.69) is 6.58 Å². The summed E-state index contributed by atoms with van der Waals surface area (Å²) in [6.07, 6.45) is 0.843. The Bertz CT molecular complexity index is 343. The van der Waals surface area contributed by atoms with Gasteiger partial charge in [0.15, 0.2) is 5.78 Å². The Morgan fingerprint density at radius 2 is 2.00 bits per heavy atom. The van der Waals surface area contributed by atoms with Gasteiger partial charge in [0.1, 0.15) is 11.2 Å². The smallest absolute Gasteiger partial charge is 0.333 e. The molecule has 16 heavy (non-hydrogen) atoms. The molecule has 4 heteroatoms. The van der Waals surface area contributed by atoms with Gasteiger partial charge in [-0.05, 0) is 33.6 Å². The van der Waals surface area contributed by atoms with Gasteiger partial charge in [0.2, 0.25) is 0 Å². The van der Waals surface area contributed by atoms with Crippen molar-refractivity contribution in [2.75, 3.05) is 0 Å². The third-order valence-electron chi connectivity index (χ3n) is 2.96. The van der Waals surface area contributed by atoms with E-state index in [4.69, 9.17) is 4.74 Å². The summed E-state index contributed by atoms with van der Waals surface area (Å²) in [6.45, 7) is 8.26. The van der Waals surface area contributed by atoms with E-state index in [9.17, 15) is 14.7 Å². The first-order valence-electron chi connectivity index (χ1n) is 5.31. The van der Waals surface area contributed by atoms with Gasteiger partial charge in [0.05, 0.1) is 0 Å². The SMILES string of the molecule is C=C(C)C(=O)OC1(C)CCC(C)(O)C(=O)C1. The van der Waals surface area contributed by atoms with Gasteiger partial charge in [-0.15, -0.1) is 0 Å². The van der Waals surface area contributed by atoms with Crippen molar-refractivity contribution in [3.63, 3.8) is 0 Å². The molecule has 1 aliphatic carbocycles. The standard InChI is InChI=1S/C12H18O4/c1-8(2)10(14)16-11(3)5-6-12(4,15)9(13)7-11/h15H,1,5-7H2,2-4H3. The van der Waals surface area contributed by atoms with Crippen molar-refractivity contribution in [2.24, 2.45) is 0 Å². The largest absolute Gasteiger partial charge is 0.456 e. The van der Waals surface area contributed by atoms with Crippen molar-refractivity contribution < 1.29 is 19.4 Å². The Morgan fingerprint density at radius 1 is 1.44 bits per heavy atom. The first kappa shape index (κ1) is 12.9. The second-order valence-corrected chi connectivity index (χ2v) is 4.99. The highest BCUT2D eigenvalue weighted by atomic mass is 16.6. The Morgan fingerprint density at radius 3 is 2.44 bits per heavy atom. The third-order valence-corrected chi connectivity index (χ3v) is 2.96. The molecule has 1 aliphatic rings. The van der Waals surface area contributed by atoms with Crippen molar-refractivity contribution in [1.29, 1.82) is 0 Å². The monoisotopic (exact) mass is 226 g/mol. The summed E-state index contributed by atoms with van der Waals surface area (Å²) in [5.41, 5.74) is -1.78. The van der Waals surface area contributed by atoms with E-state index in [0.29, 0.717) is 18.4 Å². The van der Waals surface area contributed by atoms with Gasteiger partial charge < -0.3 is 9.84 Å². The second kappa shape index (κ2) is 4.01. The molecule has 90 valence electrons. The number of aliphatic hydroxyl groups is 1. The summed E-state index contributed by atoms with van der Waals surface area (Å²) >= 11 is 0. The van der Waals surface area contributed by atoms with E-state index >= 15 is 0 Å². The number of ketones is 1. The van der Waals surface area contributed by atoms with E-state index in [0.717, 1.165) is 0 Å². The first-order chi connectivity index (χ1) is 7.16. The zero-order valence-corrected chi connectivity index (χ0v) is 10.0. The molecule has 2 atom stereocenters. The fourth-order valence-electron chi connectivity index (χ4n) is 1.66. The van der Waals surface area contributed by atoms with Crippen LogP contribution in [0.25, 0.3) is 0 Å². The maximum Gasteiger partial charge on any atom is 0.333 e. The summed E-state index contributed by atoms with van der Waals surface area (Å²) in [4.78, 5) is 23.0. The summed E-state index contributed by atoms with van der Waals surface area (Å²) in [5, 5.41) is 9.71. The fraction of sp³-hybridized carbons (Fsp3) is 0.667. The Kier molecular flexibility index (Phi) is 3.24. The molecule has 1 saturated carbocycles. The molecule has 0 heterocycles. The number of carbonyl (C=O) groups is 2. The topological polar surface area (TPSA) is 63.6 Å². The summed E-state index contributed by atoms with van der Waals surface area (Å²) < 4.78 is 5.23. The van der Waals surface area contributed by atoms with Gasteiger partial charge in [-0.2, -0.15) is 0 Å². The zero-order valence-electron chi connectivity index (χ0n) is 10.0. The van der Waals surface area contributed by atoms with Gasteiger partial charge in [0, 0.05) is 12.0 Å². The molecule has 0 saturated heterocycles. The summed E-state index contributed by atoms with van der Waals surface area (Å²) in [6, 6.07) is 0. The normalized spacial score (nSPS) is 34.6. The number of hydrogen-bond donors (Lipinski definition) is 1. The predicted molar refractivity (Wildman–Crippen MR) is 58.8 cm³/mol. The van der Waals surface area contributed by atoms with Crippen LogP contribution < -0.4 is 0 Å². The van der Waals surface area contributed by atoms with Crippen molar-refractivity contribution in [2.45, 2.75) is 51.2 Å². The average Bonchev–Trinajstić information content (AvgIpc) is 2.13. The number of ether oxygens (including phenoxy) is 1. The van der Waals surface area contributed by atoms with E-state index in [1.165, 1.54) is 6.92 Å². The second-order valence-electron chi connectivity index (χ2n) is 4.99. The molecule has 1 N–H and O–H groups in total. The molecule has 4 nitrogen and oxygen atoms in total. The highest BCUT2D eigenvalue weighted by molar-refractivity contribution is 5.90. The van der Waals surface area contributed by atoms with Crippen LogP contribution in [0.3, 0.4) is 0 Å². The lowest BCUT2D eigenvalue weighted by Crippen LogP contribution is -2.49. The molecular formula is C12H18O4. The van der Waals surface area contributed by atoms with Crippen LogP contribution in [0.15, 0.2) is 12.2 Å². The quantitative estimate of drug-likeness (QED) is 0.570. The molecule has 1 rings (SSSR count). The highest BCUT2D eigenvalue weighted by Crippen LogP contribution is 2.34. The van der Waals surface area contributed by atoms with Gasteiger partial charge in [-0.3, -0.25) is 4.79 Å². The molecule has 0 aliphatic heterocycles. The van der Waals surface area contributed by atoms with E-state index in [-0.39, 0.29) is 12.2 Å². The highest BCUT2D eigenvalue weighted by Gasteiger charge is 2.44. The minimum Gasteiger partial charge on any atom is -0.456 e. The van der Waals surface area contributed by atoms with Crippen LogP contribution in [-0.2, 0) is 14.3 Å². The number of hydrogen-bond acceptors (Lipinski definition) is 4. The number of Topliss-reactive ketones (excluding diaryl/α,β-unsaturated/α-hetero) is 1. The zero-order chi connectivity index (χ0) is 12.6. The lowest BCUT2D eigenvalue weighted by atomic mass is 9.77. The van der Waals surface area contributed by atoms with Gasteiger partial charge >= 0.3 is 5.97 Å². The van der Waals surface area contributed by atoms with Crippen LogP contribution in [0.1, 0.15) is 40.0 Å². The molecule has 0 aromatic rings. The van der Waals surface area contributed by atoms with Crippen LogP contribution in [0.4, 0.5) is 0 Å². The predicted octanol–water partition coefficient (Wildman–Crippen LogP) is 1.37. The molecule has 1 fully saturated rings. The Labute approximate surface area is 95.3 Å². The summed E-state index contributed by atoms with van der Waals surface area (Å²) in [5.74, 6) is -0.771. The minimum absolute atomic E-state index is 0.0546. The maximum absolute atomic E-state index is 11.6. The molecule has 0 aromatic heterocycles. The number of esters is 1. The number of rotatable bonds is 2.